The topological polar surface area (TPSA) is 43.1 Å². The average molecular weight is 331 g/mol. The molecule has 0 bridgehead atoms. The fourth-order valence-electron chi connectivity index (χ4n) is 1.14. The Morgan fingerprint density at radius 1 is 1.40 bits per heavy atom. The van der Waals surface area contributed by atoms with E-state index in [0.29, 0.717) is 3.57 Å². The fourth-order valence-corrected chi connectivity index (χ4v) is 1.57. The molecule has 1 aromatic carbocycles. The number of alkyl halides is 3. The highest BCUT2D eigenvalue weighted by molar-refractivity contribution is 14.1. The molecule has 0 amide bonds. The van der Waals surface area contributed by atoms with Gasteiger partial charge in [0.05, 0.1) is 4.92 Å². The molecule has 15 heavy (non-hydrogen) atoms. The standard InChI is InChI=1S/C8H5F3INO2/c1-4-6(12)3-2-5(8(9,10)11)7(4)13(14)15/h2-3H,1H3. The summed E-state index contributed by atoms with van der Waals surface area (Å²) in [6.45, 7) is 1.30. The number of nitro groups is 1. The van der Waals surface area contributed by atoms with Gasteiger partial charge < -0.3 is 0 Å². The van der Waals surface area contributed by atoms with Crippen LogP contribution in [0.15, 0.2) is 12.1 Å². The van der Waals surface area contributed by atoms with Crippen molar-refractivity contribution in [1.82, 2.24) is 0 Å². The van der Waals surface area contributed by atoms with Crippen LogP contribution in [0.4, 0.5) is 18.9 Å². The van der Waals surface area contributed by atoms with Gasteiger partial charge >= 0.3 is 6.18 Å². The van der Waals surface area contributed by atoms with Gasteiger partial charge in [0.2, 0.25) is 0 Å². The molecule has 82 valence electrons. The van der Waals surface area contributed by atoms with Crippen LogP contribution in [0.1, 0.15) is 11.1 Å². The molecule has 0 saturated carbocycles. The van der Waals surface area contributed by atoms with Crippen molar-refractivity contribution < 1.29 is 18.1 Å². The SMILES string of the molecule is Cc1c(I)ccc(C(F)(F)F)c1[N+](=O)[O-]. The van der Waals surface area contributed by atoms with Crippen LogP contribution in [0, 0.1) is 20.6 Å². The summed E-state index contributed by atoms with van der Waals surface area (Å²) in [5.41, 5.74) is -2.03. The number of benzene rings is 1. The predicted molar refractivity (Wildman–Crippen MR) is 55.6 cm³/mol. The van der Waals surface area contributed by atoms with Crippen molar-refractivity contribution in [2.24, 2.45) is 0 Å². The van der Waals surface area contributed by atoms with Gasteiger partial charge in [-0.3, -0.25) is 10.1 Å². The molecule has 0 heterocycles. The lowest BCUT2D eigenvalue weighted by atomic mass is 10.1. The van der Waals surface area contributed by atoms with Crippen LogP contribution in [-0.4, -0.2) is 4.92 Å². The number of halogens is 4. The monoisotopic (exact) mass is 331 g/mol. The number of rotatable bonds is 1. The summed E-state index contributed by atoms with van der Waals surface area (Å²) in [6.07, 6.45) is -4.70. The average Bonchev–Trinajstić information content (AvgIpc) is 2.06. The van der Waals surface area contributed by atoms with Crippen molar-refractivity contribution >= 4 is 28.3 Å². The second kappa shape index (κ2) is 3.95. The minimum absolute atomic E-state index is 0.0374. The van der Waals surface area contributed by atoms with E-state index in [0.717, 1.165) is 6.07 Å². The van der Waals surface area contributed by atoms with E-state index < -0.39 is 22.4 Å². The Balaban J connectivity index is 3.55. The van der Waals surface area contributed by atoms with Crippen molar-refractivity contribution in [3.8, 4) is 0 Å². The van der Waals surface area contributed by atoms with Gasteiger partial charge in [-0.15, -0.1) is 0 Å². The zero-order valence-electron chi connectivity index (χ0n) is 7.43. The zero-order valence-corrected chi connectivity index (χ0v) is 9.59. The zero-order chi connectivity index (χ0) is 11.8. The fraction of sp³-hybridized carbons (Fsp3) is 0.250. The highest BCUT2D eigenvalue weighted by Crippen LogP contribution is 2.38. The first kappa shape index (κ1) is 12.2. The summed E-state index contributed by atoms with van der Waals surface area (Å²) in [5.74, 6) is 0. The van der Waals surface area contributed by atoms with E-state index in [4.69, 9.17) is 0 Å². The maximum absolute atomic E-state index is 12.4. The molecule has 0 fully saturated rings. The molecule has 0 atom stereocenters. The maximum Gasteiger partial charge on any atom is 0.423 e. The van der Waals surface area contributed by atoms with Gasteiger partial charge in [-0.25, -0.2) is 0 Å². The van der Waals surface area contributed by atoms with E-state index >= 15 is 0 Å². The summed E-state index contributed by atoms with van der Waals surface area (Å²) in [7, 11) is 0. The third-order valence-corrected chi connectivity index (χ3v) is 3.02. The second-order valence-electron chi connectivity index (χ2n) is 2.82. The van der Waals surface area contributed by atoms with Gasteiger partial charge in [0.15, 0.2) is 0 Å². The molecule has 0 aliphatic rings. The van der Waals surface area contributed by atoms with Gasteiger partial charge in [-0.05, 0) is 41.6 Å². The van der Waals surface area contributed by atoms with E-state index in [2.05, 4.69) is 0 Å². The van der Waals surface area contributed by atoms with Crippen LogP contribution >= 0.6 is 22.6 Å². The normalized spacial score (nSPS) is 11.5. The third-order valence-electron chi connectivity index (χ3n) is 1.85. The highest BCUT2D eigenvalue weighted by atomic mass is 127. The summed E-state index contributed by atoms with van der Waals surface area (Å²) < 4.78 is 37.7. The first-order valence-electron chi connectivity index (χ1n) is 3.76. The van der Waals surface area contributed by atoms with E-state index in [1.165, 1.54) is 13.0 Å². The van der Waals surface area contributed by atoms with Crippen molar-refractivity contribution in [1.29, 1.82) is 0 Å². The van der Waals surface area contributed by atoms with Crippen LogP contribution in [0.3, 0.4) is 0 Å². The van der Waals surface area contributed by atoms with Gasteiger partial charge in [-0.1, -0.05) is 0 Å². The molecule has 7 heteroatoms. The minimum atomic E-state index is -4.70. The minimum Gasteiger partial charge on any atom is -0.258 e. The molecule has 1 rings (SSSR count). The van der Waals surface area contributed by atoms with Crippen LogP contribution in [0.2, 0.25) is 0 Å². The summed E-state index contributed by atoms with van der Waals surface area (Å²) in [5, 5.41) is 10.5. The molecule has 0 aromatic heterocycles. The van der Waals surface area contributed by atoms with Gasteiger partial charge in [0, 0.05) is 9.13 Å². The molecule has 1 aromatic rings. The van der Waals surface area contributed by atoms with E-state index in [1.807, 2.05) is 0 Å². The molecular formula is C8H5F3INO2. The Morgan fingerprint density at radius 2 is 1.93 bits per heavy atom. The Hall–Kier alpha value is -0.860. The predicted octanol–water partition coefficient (Wildman–Crippen LogP) is 3.53. The molecule has 0 unspecified atom stereocenters. The molecule has 3 nitrogen and oxygen atoms in total. The molecular weight excluding hydrogens is 326 g/mol. The summed E-state index contributed by atoms with van der Waals surface area (Å²) in [4.78, 5) is 9.54. The first-order chi connectivity index (χ1) is 6.75. The Bertz CT molecular complexity index is 417. The van der Waals surface area contributed by atoms with Crippen molar-refractivity contribution in [3.63, 3.8) is 0 Å². The maximum atomic E-state index is 12.4. The van der Waals surface area contributed by atoms with Crippen LogP contribution in [0.25, 0.3) is 0 Å². The van der Waals surface area contributed by atoms with E-state index in [-0.39, 0.29) is 5.56 Å². The lowest BCUT2D eigenvalue weighted by molar-refractivity contribution is -0.388. The van der Waals surface area contributed by atoms with Gasteiger partial charge in [0.25, 0.3) is 5.69 Å². The number of hydrogen-bond donors (Lipinski definition) is 0. The van der Waals surface area contributed by atoms with Gasteiger partial charge in [0.1, 0.15) is 5.56 Å². The number of nitro benzene ring substituents is 1. The number of hydrogen-bond acceptors (Lipinski definition) is 2. The van der Waals surface area contributed by atoms with Crippen molar-refractivity contribution in [3.05, 3.63) is 36.9 Å². The molecule has 0 spiro atoms. The quantitative estimate of drug-likeness (QED) is 0.449. The highest BCUT2D eigenvalue weighted by Gasteiger charge is 2.39. The van der Waals surface area contributed by atoms with E-state index in [1.54, 1.807) is 22.6 Å². The third kappa shape index (κ3) is 2.39. The lowest BCUT2D eigenvalue weighted by Crippen LogP contribution is -2.10. The molecule has 0 radical (unpaired) electrons. The number of nitrogens with zero attached hydrogens (tertiary/aromatic N) is 1. The van der Waals surface area contributed by atoms with Crippen LogP contribution < -0.4 is 0 Å². The Kier molecular flexibility index (Phi) is 3.22. The van der Waals surface area contributed by atoms with Gasteiger partial charge in [-0.2, -0.15) is 13.2 Å². The first-order valence-corrected chi connectivity index (χ1v) is 4.83. The summed E-state index contributed by atoms with van der Waals surface area (Å²) in [6, 6.07) is 1.94. The van der Waals surface area contributed by atoms with Crippen LogP contribution in [0.5, 0.6) is 0 Å². The van der Waals surface area contributed by atoms with Crippen molar-refractivity contribution in [2.75, 3.05) is 0 Å². The van der Waals surface area contributed by atoms with E-state index in [9.17, 15) is 23.3 Å². The molecule has 0 aliphatic heterocycles. The largest absolute Gasteiger partial charge is 0.423 e. The molecule has 0 saturated heterocycles. The lowest BCUT2D eigenvalue weighted by Gasteiger charge is -2.09. The molecule has 0 N–H and O–H groups in total. The second-order valence-corrected chi connectivity index (χ2v) is 3.99. The Labute approximate surface area is 96.6 Å². The summed E-state index contributed by atoms with van der Waals surface area (Å²) >= 11 is 1.76. The Morgan fingerprint density at radius 3 is 2.33 bits per heavy atom. The molecule has 0 aliphatic carbocycles. The smallest absolute Gasteiger partial charge is 0.258 e. The van der Waals surface area contributed by atoms with Crippen LogP contribution in [-0.2, 0) is 6.18 Å². The van der Waals surface area contributed by atoms with Crippen molar-refractivity contribution in [2.45, 2.75) is 13.1 Å².